The Hall–Kier alpha value is -2.97. The van der Waals surface area contributed by atoms with Gasteiger partial charge in [0.15, 0.2) is 16.3 Å². The van der Waals surface area contributed by atoms with Gasteiger partial charge in [-0.1, -0.05) is 59.6 Å². The molecule has 170 valence electrons. The number of rotatable bonds is 8. The van der Waals surface area contributed by atoms with Crippen LogP contribution in [-0.4, -0.2) is 26.7 Å². The minimum atomic E-state index is -0.402. The standard InChI is InChI=1S/C25H25BrN4O2S/c1-3-5-15-29-17-27-23(22(29)24(31)32-4-2)28-25-30(20-9-7-6-8-10-20)21(16-33-25)18-11-13-19(26)14-12-18/h6-14,16-17H,3-5,15H2,1-2H3. The Kier molecular flexibility index (Phi) is 7.57. The van der Waals surface area contributed by atoms with E-state index in [1.807, 2.05) is 47.0 Å². The Morgan fingerprint density at radius 1 is 1.12 bits per heavy atom. The van der Waals surface area contributed by atoms with Gasteiger partial charge in [0.2, 0.25) is 0 Å². The van der Waals surface area contributed by atoms with Crippen LogP contribution in [0.4, 0.5) is 5.82 Å². The third-order valence-electron chi connectivity index (χ3n) is 5.10. The van der Waals surface area contributed by atoms with Crippen molar-refractivity contribution in [3.63, 3.8) is 0 Å². The Balaban J connectivity index is 1.89. The first-order valence-corrected chi connectivity index (χ1v) is 12.6. The van der Waals surface area contributed by atoms with Crippen LogP contribution < -0.4 is 4.80 Å². The number of carbonyl (C=O) groups is 1. The molecule has 0 radical (unpaired) electrons. The normalized spacial score (nSPS) is 11.7. The molecule has 8 heteroatoms. The molecule has 0 bridgehead atoms. The fourth-order valence-corrected chi connectivity index (χ4v) is 4.66. The van der Waals surface area contributed by atoms with Crippen LogP contribution in [-0.2, 0) is 11.3 Å². The zero-order valence-electron chi connectivity index (χ0n) is 18.6. The van der Waals surface area contributed by atoms with Crippen LogP contribution >= 0.6 is 27.3 Å². The monoisotopic (exact) mass is 524 g/mol. The quantitative estimate of drug-likeness (QED) is 0.251. The number of hydrogen-bond donors (Lipinski definition) is 0. The van der Waals surface area contributed by atoms with E-state index in [1.165, 1.54) is 11.3 Å². The Bertz CT molecular complexity index is 1290. The number of ether oxygens (including phenoxy) is 1. The molecule has 33 heavy (non-hydrogen) atoms. The number of para-hydroxylation sites is 1. The third kappa shape index (κ3) is 5.17. The number of benzene rings is 2. The molecule has 0 saturated carbocycles. The maximum Gasteiger partial charge on any atom is 0.358 e. The minimum Gasteiger partial charge on any atom is -0.461 e. The number of nitrogens with zero attached hydrogens (tertiary/aromatic N) is 4. The largest absolute Gasteiger partial charge is 0.461 e. The topological polar surface area (TPSA) is 61.4 Å². The lowest BCUT2D eigenvalue weighted by atomic mass is 10.1. The van der Waals surface area contributed by atoms with E-state index < -0.39 is 5.97 Å². The van der Waals surface area contributed by atoms with Crippen LogP contribution in [0.15, 0.2) is 75.8 Å². The fraction of sp³-hybridized carbons (Fsp3) is 0.240. The molecule has 0 spiro atoms. The molecular formula is C25H25BrN4O2S. The molecule has 0 aliphatic carbocycles. The van der Waals surface area contributed by atoms with Crippen molar-refractivity contribution in [1.29, 1.82) is 0 Å². The highest BCUT2D eigenvalue weighted by Gasteiger charge is 2.20. The van der Waals surface area contributed by atoms with Gasteiger partial charge in [-0.25, -0.2) is 9.78 Å². The van der Waals surface area contributed by atoms with E-state index in [4.69, 9.17) is 9.73 Å². The summed E-state index contributed by atoms with van der Waals surface area (Å²) in [6.45, 7) is 4.91. The van der Waals surface area contributed by atoms with Crippen LogP contribution in [0.5, 0.6) is 0 Å². The van der Waals surface area contributed by atoms with Gasteiger partial charge >= 0.3 is 5.97 Å². The number of aromatic nitrogens is 3. The second-order valence-electron chi connectivity index (χ2n) is 7.38. The maximum absolute atomic E-state index is 12.8. The molecule has 0 N–H and O–H groups in total. The van der Waals surface area contributed by atoms with Crippen LogP contribution in [0.25, 0.3) is 16.9 Å². The molecule has 0 atom stereocenters. The zero-order valence-corrected chi connectivity index (χ0v) is 21.0. The predicted molar refractivity (Wildman–Crippen MR) is 135 cm³/mol. The number of esters is 1. The molecule has 0 amide bonds. The van der Waals surface area contributed by atoms with E-state index in [0.717, 1.165) is 39.1 Å². The lowest BCUT2D eigenvalue weighted by Crippen LogP contribution is -2.15. The van der Waals surface area contributed by atoms with Gasteiger partial charge in [0.05, 0.1) is 18.6 Å². The molecule has 2 aromatic carbocycles. The number of thiazole rings is 1. The molecule has 2 aromatic heterocycles. The van der Waals surface area contributed by atoms with Crippen LogP contribution in [0, 0.1) is 0 Å². The fourth-order valence-electron chi connectivity index (χ4n) is 3.49. The summed E-state index contributed by atoms with van der Waals surface area (Å²) in [4.78, 5) is 22.8. The average molecular weight is 525 g/mol. The first kappa shape index (κ1) is 23.2. The van der Waals surface area contributed by atoms with Crippen LogP contribution in [0.2, 0.25) is 0 Å². The van der Waals surface area contributed by atoms with Crippen molar-refractivity contribution in [1.82, 2.24) is 14.1 Å². The summed E-state index contributed by atoms with van der Waals surface area (Å²) in [5, 5.41) is 2.08. The summed E-state index contributed by atoms with van der Waals surface area (Å²) in [7, 11) is 0. The van der Waals surface area contributed by atoms with Gasteiger partial charge in [-0.05, 0) is 43.2 Å². The van der Waals surface area contributed by atoms with E-state index in [2.05, 4.69) is 49.9 Å². The summed E-state index contributed by atoms with van der Waals surface area (Å²) in [5.74, 6) is -0.0285. The van der Waals surface area contributed by atoms with E-state index >= 15 is 0 Å². The summed E-state index contributed by atoms with van der Waals surface area (Å²) < 4.78 is 10.3. The number of carbonyl (C=O) groups excluding carboxylic acids is 1. The number of halogens is 1. The van der Waals surface area contributed by atoms with Gasteiger partial charge in [-0.15, -0.1) is 11.3 Å². The van der Waals surface area contributed by atoms with Crippen LogP contribution in [0.1, 0.15) is 37.2 Å². The van der Waals surface area contributed by atoms with Gasteiger partial charge in [0.25, 0.3) is 0 Å². The smallest absolute Gasteiger partial charge is 0.358 e. The highest BCUT2D eigenvalue weighted by molar-refractivity contribution is 9.10. The third-order valence-corrected chi connectivity index (χ3v) is 6.46. The average Bonchev–Trinajstić information content (AvgIpc) is 3.43. The molecule has 6 nitrogen and oxygen atoms in total. The lowest BCUT2D eigenvalue weighted by Gasteiger charge is -2.10. The van der Waals surface area contributed by atoms with Crippen molar-refractivity contribution in [3.05, 3.63) is 81.3 Å². The number of unbranched alkanes of at least 4 members (excludes halogenated alkanes) is 1. The van der Waals surface area contributed by atoms with Gasteiger partial charge < -0.3 is 9.30 Å². The lowest BCUT2D eigenvalue weighted by molar-refractivity contribution is 0.0514. The summed E-state index contributed by atoms with van der Waals surface area (Å²) in [6, 6.07) is 18.2. The Morgan fingerprint density at radius 3 is 2.58 bits per heavy atom. The molecule has 0 aliphatic rings. The zero-order chi connectivity index (χ0) is 23.2. The Labute approximate surface area is 205 Å². The van der Waals surface area contributed by atoms with Crippen molar-refractivity contribution in [3.8, 4) is 16.9 Å². The predicted octanol–water partition coefficient (Wildman–Crippen LogP) is 6.37. The van der Waals surface area contributed by atoms with Gasteiger partial charge in [-0.2, -0.15) is 4.99 Å². The van der Waals surface area contributed by atoms with E-state index in [1.54, 1.807) is 13.3 Å². The Morgan fingerprint density at radius 2 is 1.88 bits per heavy atom. The molecule has 4 aromatic rings. The van der Waals surface area contributed by atoms with Crippen molar-refractivity contribution >= 4 is 39.1 Å². The molecule has 4 rings (SSSR count). The molecular weight excluding hydrogens is 500 g/mol. The van der Waals surface area contributed by atoms with Gasteiger partial charge in [0, 0.05) is 22.1 Å². The molecule has 2 heterocycles. The molecule has 0 fully saturated rings. The van der Waals surface area contributed by atoms with Crippen molar-refractivity contribution in [2.75, 3.05) is 6.61 Å². The van der Waals surface area contributed by atoms with E-state index in [-0.39, 0.29) is 0 Å². The first-order chi connectivity index (χ1) is 16.1. The van der Waals surface area contributed by atoms with Gasteiger partial charge in [-0.3, -0.25) is 4.57 Å². The van der Waals surface area contributed by atoms with Crippen molar-refractivity contribution in [2.24, 2.45) is 4.99 Å². The second-order valence-corrected chi connectivity index (χ2v) is 9.13. The minimum absolute atomic E-state index is 0.300. The van der Waals surface area contributed by atoms with Gasteiger partial charge in [0.1, 0.15) is 0 Å². The number of imidazole rings is 1. The number of hydrogen-bond acceptors (Lipinski definition) is 5. The van der Waals surface area contributed by atoms with E-state index in [9.17, 15) is 4.79 Å². The molecule has 0 saturated heterocycles. The summed E-state index contributed by atoms with van der Waals surface area (Å²) >= 11 is 5.02. The summed E-state index contributed by atoms with van der Waals surface area (Å²) in [5.41, 5.74) is 3.46. The van der Waals surface area contributed by atoms with E-state index in [0.29, 0.717) is 24.7 Å². The number of aryl methyl sites for hydroxylation is 1. The highest BCUT2D eigenvalue weighted by atomic mass is 79.9. The van der Waals surface area contributed by atoms with Crippen molar-refractivity contribution < 1.29 is 9.53 Å². The van der Waals surface area contributed by atoms with Crippen LogP contribution in [0.3, 0.4) is 0 Å². The second kappa shape index (κ2) is 10.8. The SMILES string of the molecule is CCCCn1cnc(N=c2scc(-c3ccc(Br)cc3)n2-c2ccccc2)c1C(=O)OCC. The maximum atomic E-state index is 12.8. The first-order valence-electron chi connectivity index (χ1n) is 10.9. The highest BCUT2D eigenvalue weighted by Crippen LogP contribution is 2.26. The van der Waals surface area contributed by atoms with Crippen molar-refractivity contribution in [2.45, 2.75) is 33.2 Å². The molecule has 0 unspecified atom stereocenters. The molecule has 0 aliphatic heterocycles. The summed E-state index contributed by atoms with van der Waals surface area (Å²) in [6.07, 6.45) is 3.64.